The number of sulfone groups is 1. The minimum absolute atomic E-state index is 0.151. The molecule has 0 saturated carbocycles. The molecule has 0 atom stereocenters. The lowest BCUT2D eigenvalue weighted by Crippen LogP contribution is -2.06. The van der Waals surface area contributed by atoms with E-state index >= 15 is 0 Å². The average molecular weight is 296 g/mol. The summed E-state index contributed by atoms with van der Waals surface area (Å²) in [5.74, 6) is -0.651. The number of rotatable bonds is 3. The molecular formula is C12H13FN4O2S. The maximum absolute atomic E-state index is 13.7. The van der Waals surface area contributed by atoms with Gasteiger partial charge >= 0.3 is 0 Å². The SMILES string of the molecule is Cc1cn(N=Cc2cccc(F)c2S(C)(=O)=O)c(N)n1. The zero-order valence-corrected chi connectivity index (χ0v) is 11.7. The van der Waals surface area contributed by atoms with Crippen molar-refractivity contribution in [3.63, 3.8) is 0 Å². The van der Waals surface area contributed by atoms with Gasteiger partial charge in [0.2, 0.25) is 5.95 Å². The van der Waals surface area contributed by atoms with E-state index in [0.717, 1.165) is 12.3 Å². The molecule has 2 rings (SSSR count). The minimum atomic E-state index is -3.70. The first-order chi connectivity index (χ1) is 9.29. The molecule has 0 amide bonds. The third-order valence-corrected chi connectivity index (χ3v) is 3.70. The topological polar surface area (TPSA) is 90.3 Å². The smallest absolute Gasteiger partial charge is 0.221 e. The monoisotopic (exact) mass is 296 g/mol. The van der Waals surface area contributed by atoms with E-state index in [-0.39, 0.29) is 16.4 Å². The lowest BCUT2D eigenvalue weighted by atomic mass is 10.2. The van der Waals surface area contributed by atoms with Gasteiger partial charge < -0.3 is 5.73 Å². The van der Waals surface area contributed by atoms with Crippen molar-refractivity contribution in [3.05, 3.63) is 41.5 Å². The third kappa shape index (κ3) is 2.85. The van der Waals surface area contributed by atoms with E-state index in [2.05, 4.69) is 10.1 Å². The van der Waals surface area contributed by atoms with Gasteiger partial charge in [-0.1, -0.05) is 12.1 Å². The number of nitrogens with two attached hydrogens (primary N) is 1. The molecule has 0 aliphatic heterocycles. The first kappa shape index (κ1) is 14.2. The molecule has 106 valence electrons. The molecule has 2 aromatic rings. The number of imidazole rings is 1. The van der Waals surface area contributed by atoms with Gasteiger partial charge in [-0.15, -0.1) is 0 Å². The quantitative estimate of drug-likeness (QED) is 0.862. The summed E-state index contributed by atoms with van der Waals surface area (Å²) in [6, 6.07) is 3.96. The molecule has 0 radical (unpaired) electrons. The second-order valence-corrected chi connectivity index (χ2v) is 6.21. The Hall–Kier alpha value is -2.22. The fourth-order valence-corrected chi connectivity index (χ4v) is 2.71. The number of aromatic nitrogens is 2. The summed E-state index contributed by atoms with van der Waals surface area (Å²) in [7, 11) is -3.70. The van der Waals surface area contributed by atoms with Crippen LogP contribution in [0.1, 0.15) is 11.3 Å². The molecule has 20 heavy (non-hydrogen) atoms. The second-order valence-electron chi connectivity index (χ2n) is 4.26. The first-order valence-corrected chi connectivity index (χ1v) is 7.52. The molecular weight excluding hydrogens is 283 g/mol. The van der Waals surface area contributed by atoms with Crippen LogP contribution in [-0.4, -0.2) is 30.5 Å². The fourth-order valence-electron chi connectivity index (χ4n) is 1.74. The number of nitrogen functional groups attached to an aromatic ring is 1. The Bertz CT molecular complexity index is 781. The number of anilines is 1. The molecule has 8 heteroatoms. The van der Waals surface area contributed by atoms with E-state index in [1.54, 1.807) is 13.1 Å². The summed E-state index contributed by atoms with van der Waals surface area (Å²) in [6.45, 7) is 1.74. The molecule has 0 aliphatic rings. The summed E-state index contributed by atoms with van der Waals surface area (Å²) >= 11 is 0. The van der Waals surface area contributed by atoms with Gasteiger partial charge in [0.25, 0.3) is 0 Å². The zero-order valence-electron chi connectivity index (χ0n) is 10.9. The number of aryl methyl sites for hydroxylation is 1. The van der Waals surface area contributed by atoms with Crippen molar-refractivity contribution in [1.82, 2.24) is 9.66 Å². The van der Waals surface area contributed by atoms with E-state index in [1.807, 2.05) is 0 Å². The molecule has 0 unspecified atom stereocenters. The standard InChI is InChI=1S/C12H13FN4O2S/c1-8-7-17(12(14)16-8)15-6-9-4-3-5-10(13)11(9)20(2,18)19/h3-7H,1-2H3,(H2,14,16). The molecule has 0 bridgehead atoms. The number of nitrogens with zero attached hydrogens (tertiary/aromatic N) is 3. The molecule has 0 spiro atoms. The Labute approximate surface area is 115 Å². The van der Waals surface area contributed by atoms with Gasteiger partial charge in [-0.2, -0.15) is 5.10 Å². The Morgan fingerprint density at radius 1 is 1.45 bits per heavy atom. The molecule has 0 saturated heterocycles. The first-order valence-electron chi connectivity index (χ1n) is 5.63. The number of benzene rings is 1. The largest absolute Gasteiger partial charge is 0.368 e. The predicted octanol–water partition coefficient (Wildman–Crippen LogP) is 1.20. The molecule has 1 heterocycles. The van der Waals surface area contributed by atoms with Crippen molar-refractivity contribution in [1.29, 1.82) is 0 Å². The van der Waals surface area contributed by atoms with Crippen LogP contribution in [0.5, 0.6) is 0 Å². The van der Waals surface area contributed by atoms with Gasteiger partial charge in [0.1, 0.15) is 10.7 Å². The van der Waals surface area contributed by atoms with Crippen molar-refractivity contribution in [2.75, 3.05) is 12.0 Å². The van der Waals surface area contributed by atoms with Crippen LogP contribution in [-0.2, 0) is 9.84 Å². The van der Waals surface area contributed by atoms with Crippen molar-refractivity contribution in [3.8, 4) is 0 Å². The number of hydrogen-bond acceptors (Lipinski definition) is 5. The highest BCUT2D eigenvalue weighted by Crippen LogP contribution is 2.18. The number of halogens is 1. The van der Waals surface area contributed by atoms with E-state index < -0.39 is 15.7 Å². The predicted molar refractivity (Wildman–Crippen MR) is 73.9 cm³/mol. The lowest BCUT2D eigenvalue weighted by molar-refractivity contribution is 0.570. The van der Waals surface area contributed by atoms with Crippen LogP contribution < -0.4 is 5.73 Å². The highest BCUT2D eigenvalue weighted by molar-refractivity contribution is 7.90. The van der Waals surface area contributed by atoms with Gasteiger partial charge in [0.05, 0.1) is 18.1 Å². The summed E-state index contributed by atoms with van der Waals surface area (Å²) in [5, 5.41) is 3.99. The van der Waals surface area contributed by atoms with Gasteiger partial charge in [0, 0.05) is 11.8 Å². The Kier molecular flexibility index (Phi) is 3.58. The van der Waals surface area contributed by atoms with Crippen LogP contribution in [0.15, 0.2) is 34.4 Å². The van der Waals surface area contributed by atoms with Gasteiger partial charge in [-0.3, -0.25) is 0 Å². The summed E-state index contributed by atoms with van der Waals surface area (Å²) in [4.78, 5) is 3.56. The second kappa shape index (κ2) is 5.04. The average Bonchev–Trinajstić information content (AvgIpc) is 2.63. The van der Waals surface area contributed by atoms with Crippen molar-refractivity contribution < 1.29 is 12.8 Å². The third-order valence-electron chi connectivity index (χ3n) is 2.52. The molecule has 1 aromatic carbocycles. The summed E-state index contributed by atoms with van der Waals surface area (Å²) in [5.41, 5.74) is 6.42. The summed E-state index contributed by atoms with van der Waals surface area (Å²) < 4.78 is 38.2. The lowest BCUT2D eigenvalue weighted by Gasteiger charge is -2.04. The highest BCUT2D eigenvalue weighted by Gasteiger charge is 2.17. The van der Waals surface area contributed by atoms with Crippen LogP contribution in [0.2, 0.25) is 0 Å². The fraction of sp³-hybridized carbons (Fsp3) is 0.167. The van der Waals surface area contributed by atoms with E-state index in [0.29, 0.717) is 5.69 Å². The number of hydrogen-bond donors (Lipinski definition) is 1. The Morgan fingerprint density at radius 3 is 2.70 bits per heavy atom. The Balaban J connectivity index is 2.50. The van der Waals surface area contributed by atoms with Crippen LogP contribution in [0.4, 0.5) is 10.3 Å². The zero-order chi connectivity index (χ0) is 14.9. The van der Waals surface area contributed by atoms with Gasteiger partial charge in [0.15, 0.2) is 9.84 Å². The minimum Gasteiger partial charge on any atom is -0.368 e. The maximum Gasteiger partial charge on any atom is 0.221 e. The van der Waals surface area contributed by atoms with Crippen molar-refractivity contribution >= 4 is 22.0 Å². The van der Waals surface area contributed by atoms with Gasteiger partial charge in [-0.05, 0) is 13.0 Å². The normalized spacial score (nSPS) is 12.2. The van der Waals surface area contributed by atoms with Crippen LogP contribution >= 0.6 is 0 Å². The van der Waals surface area contributed by atoms with Crippen LogP contribution in [0.3, 0.4) is 0 Å². The molecule has 0 fully saturated rings. The molecule has 6 nitrogen and oxygen atoms in total. The van der Waals surface area contributed by atoms with Gasteiger partial charge in [-0.25, -0.2) is 22.5 Å². The van der Waals surface area contributed by atoms with Crippen LogP contribution in [0.25, 0.3) is 0 Å². The van der Waals surface area contributed by atoms with E-state index in [1.165, 1.54) is 23.0 Å². The Morgan fingerprint density at radius 2 is 2.15 bits per heavy atom. The molecule has 2 N–H and O–H groups in total. The summed E-state index contributed by atoms with van der Waals surface area (Å²) in [6.07, 6.45) is 3.75. The maximum atomic E-state index is 13.7. The van der Waals surface area contributed by atoms with Crippen LogP contribution in [0, 0.1) is 12.7 Å². The van der Waals surface area contributed by atoms with E-state index in [9.17, 15) is 12.8 Å². The highest BCUT2D eigenvalue weighted by atomic mass is 32.2. The van der Waals surface area contributed by atoms with E-state index in [4.69, 9.17) is 5.73 Å². The van der Waals surface area contributed by atoms with Crippen molar-refractivity contribution in [2.45, 2.75) is 11.8 Å². The molecule has 0 aliphatic carbocycles. The molecule has 1 aromatic heterocycles. The van der Waals surface area contributed by atoms with Crippen molar-refractivity contribution in [2.24, 2.45) is 5.10 Å².